The van der Waals surface area contributed by atoms with Crippen molar-refractivity contribution in [1.82, 2.24) is 15.0 Å². The predicted molar refractivity (Wildman–Crippen MR) is 61.3 cm³/mol. The minimum atomic E-state index is -0.507. The quantitative estimate of drug-likeness (QED) is 0.810. The largest absolute Gasteiger partial charge is 0.357 e. The second-order valence-corrected chi connectivity index (χ2v) is 3.89. The van der Waals surface area contributed by atoms with E-state index in [1.165, 1.54) is 6.92 Å². The molecule has 0 saturated carbocycles. The minimum absolute atomic E-state index is 0.0591. The monoisotopic (exact) mass is 233 g/mol. The topological polar surface area (TPSA) is 58.6 Å². The van der Waals surface area contributed by atoms with Crippen molar-refractivity contribution in [3.05, 3.63) is 35.2 Å². The molecule has 5 heteroatoms. The molecule has 0 saturated heterocycles. The summed E-state index contributed by atoms with van der Waals surface area (Å²) in [7, 11) is 0. The molecule has 0 radical (unpaired) electrons. The Balaban J connectivity index is 2.57. The Hall–Kier alpha value is -2.04. The zero-order chi connectivity index (χ0) is 12.6. The lowest BCUT2D eigenvalue weighted by Gasteiger charge is -1.99. The number of aromatic amines is 1. The van der Waals surface area contributed by atoms with Crippen LogP contribution in [-0.4, -0.2) is 20.7 Å². The summed E-state index contributed by atoms with van der Waals surface area (Å²) >= 11 is 0. The van der Waals surface area contributed by atoms with Crippen LogP contribution in [-0.2, 0) is 0 Å². The van der Waals surface area contributed by atoms with E-state index in [-0.39, 0.29) is 11.5 Å². The molecular formula is C12H12FN3O. The van der Waals surface area contributed by atoms with Crippen molar-refractivity contribution in [3.63, 3.8) is 0 Å². The summed E-state index contributed by atoms with van der Waals surface area (Å²) in [5.41, 5.74) is 1.95. The molecule has 1 N–H and O–H groups in total. The van der Waals surface area contributed by atoms with Crippen LogP contribution in [0.5, 0.6) is 0 Å². The predicted octanol–water partition coefficient (Wildman–Crippen LogP) is 2.43. The van der Waals surface area contributed by atoms with Gasteiger partial charge in [0.1, 0.15) is 11.5 Å². The number of carbonyl (C=O) groups excluding carboxylic acids is 1. The Morgan fingerprint density at radius 1 is 1.41 bits per heavy atom. The van der Waals surface area contributed by atoms with Crippen LogP contribution in [0.1, 0.15) is 28.8 Å². The number of nitrogens with zero attached hydrogens (tertiary/aromatic N) is 2. The van der Waals surface area contributed by atoms with Crippen molar-refractivity contribution in [2.45, 2.75) is 20.8 Å². The van der Waals surface area contributed by atoms with Crippen molar-refractivity contribution in [2.24, 2.45) is 0 Å². The molecule has 0 aliphatic rings. The van der Waals surface area contributed by atoms with E-state index >= 15 is 0 Å². The number of aryl methyl sites for hydroxylation is 2. The van der Waals surface area contributed by atoms with Crippen LogP contribution in [0.25, 0.3) is 11.4 Å². The van der Waals surface area contributed by atoms with E-state index in [9.17, 15) is 9.18 Å². The molecule has 2 heterocycles. The number of rotatable bonds is 2. The van der Waals surface area contributed by atoms with E-state index < -0.39 is 5.82 Å². The summed E-state index contributed by atoms with van der Waals surface area (Å²) in [5.74, 6) is -0.0823. The number of hydrogen-bond donors (Lipinski definition) is 1. The molecule has 2 aromatic rings. The van der Waals surface area contributed by atoms with Gasteiger partial charge in [-0.15, -0.1) is 0 Å². The number of nitrogens with one attached hydrogen (secondary N) is 1. The maximum atomic E-state index is 13.6. The third kappa shape index (κ3) is 2.08. The van der Waals surface area contributed by atoms with Crippen LogP contribution in [0.4, 0.5) is 4.39 Å². The minimum Gasteiger partial charge on any atom is -0.357 e. The number of aromatic nitrogens is 3. The van der Waals surface area contributed by atoms with Crippen LogP contribution in [0, 0.1) is 19.7 Å². The first kappa shape index (κ1) is 11.4. The Bertz CT molecular complexity index is 589. The molecule has 0 spiro atoms. The maximum absolute atomic E-state index is 13.6. The van der Waals surface area contributed by atoms with Gasteiger partial charge >= 0.3 is 0 Å². The van der Waals surface area contributed by atoms with Gasteiger partial charge in [-0.05, 0) is 26.8 Å². The second-order valence-electron chi connectivity index (χ2n) is 3.89. The smallest absolute Gasteiger partial charge is 0.169 e. The van der Waals surface area contributed by atoms with E-state index in [2.05, 4.69) is 15.0 Å². The van der Waals surface area contributed by atoms with Crippen molar-refractivity contribution >= 4 is 5.78 Å². The van der Waals surface area contributed by atoms with Crippen LogP contribution in [0.3, 0.4) is 0 Å². The average molecular weight is 233 g/mol. The molecule has 0 aromatic carbocycles. The third-order valence-electron chi connectivity index (χ3n) is 2.51. The first-order chi connectivity index (χ1) is 7.99. The lowest BCUT2D eigenvalue weighted by atomic mass is 10.1. The van der Waals surface area contributed by atoms with Crippen LogP contribution in [0.15, 0.2) is 12.3 Å². The Kier molecular flexibility index (Phi) is 2.75. The lowest BCUT2D eigenvalue weighted by molar-refractivity contribution is 0.101. The molecule has 17 heavy (non-hydrogen) atoms. The van der Waals surface area contributed by atoms with Gasteiger partial charge < -0.3 is 4.98 Å². The van der Waals surface area contributed by atoms with E-state index in [4.69, 9.17) is 0 Å². The van der Waals surface area contributed by atoms with Gasteiger partial charge in [-0.2, -0.15) is 0 Å². The lowest BCUT2D eigenvalue weighted by Crippen LogP contribution is -1.95. The normalized spacial score (nSPS) is 10.6. The standard InChI is InChI=1S/C12H12FN3O/c1-6-9(7(2)17)4-11(15-6)12-10(13)5-14-8(3)16-12/h4-5,15H,1-3H3. The van der Waals surface area contributed by atoms with E-state index in [0.717, 1.165) is 6.20 Å². The molecule has 0 aliphatic heterocycles. The number of ketones is 1. The van der Waals surface area contributed by atoms with E-state index in [1.54, 1.807) is 19.9 Å². The number of Topliss-reactive ketones (excluding diaryl/α,β-unsaturated/α-hetero) is 1. The Morgan fingerprint density at radius 2 is 2.12 bits per heavy atom. The van der Waals surface area contributed by atoms with Crippen LogP contribution in [0.2, 0.25) is 0 Å². The molecule has 0 atom stereocenters. The number of hydrogen-bond acceptors (Lipinski definition) is 3. The third-order valence-corrected chi connectivity index (χ3v) is 2.51. The molecule has 88 valence electrons. The fraction of sp³-hybridized carbons (Fsp3) is 0.250. The van der Waals surface area contributed by atoms with Gasteiger partial charge in [0.15, 0.2) is 11.6 Å². The molecule has 0 fully saturated rings. The highest BCUT2D eigenvalue weighted by atomic mass is 19.1. The van der Waals surface area contributed by atoms with Gasteiger partial charge in [0, 0.05) is 11.3 Å². The highest BCUT2D eigenvalue weighted by Crippen LogP contribution is 2.22. The van der Waals surface area contributed by atoms with Gasteiger partial charge in [0.05, 0.1) is 11.9 Å². The summed E-state index contributed by atoms with van der Waals surface area (Å²) in [6.07, 6.45) is 1.13. The molecule has 0 amide bonds. The summed E-state index contributed by atoms with van der Waals surface area (Å²) < 4.78 is 13.6. The molecular weight excluding hydrogens is 221 g/mol. The highest BCUT2D eigenvalue weighted by Gasteiger charge is 2.14. The number of halogens is 1. The molecule has 0 aliphatic carbocycles. The average Bonchev–Trinajstić information content (AvgIpc) is 2.64. The van der Waals surface area contributed by atoms with Gasteiger partial charge in [0.25, 0.3) is 0 Å². The molecule has 0 bridgehead atoms. The van der Waals surface area contributed by atoms with Crippen molar-refractivity contribution in [1.29, 1.82) is 0 Å². The first-order valence-corrected chi connectivity index (χ1v) is 5.19. The van der Waals surface area contributed by atoms with E-state index in [1.807, 2.05) is 0 Å². The molecule has 4 nitrogen and oxygen atoms in total. The van der Waals surface area contributed by atoms with Crippen LogP contribution < -0.4 is 0 Å². The van der Waals surface area contributed by atoms with Crippen molar-refractivity contribution < 1.29 is 9.18 Å². The summed E-state index contributed by atoms with van der Waals surface area (Å²) in [5, 5.41) is 0. The molecule has 2 rings (SSSR count). The van der Waals surface area contributed by atoms with Gasteiger partial charge in [-0.25, -0.2) is 14.4 Å². The van der Waals surface area contributed by atoms with Crippen molar-refractivity contribution in [3.8, 4) is 11.4 Å². The molecule has 2 aromatic heterocycles. The number of H-pyrrole nitrogens is 1. The van der Waals surface area contributed by atoms with Gasteiger partial charge in [-0.3, -0.25) is 4.79 Å². The van der Waals surface area contributed by atoms with Crippen LogP contribution >= 0.6 is 0 Å². The maximum Gasteiger partial charge on any atom is 0.169 e. The van der Waals surface area contributed by atoms with Gasteiger partial charge in [-0.1, -0.05) is 0 Å². The van der Waals surface area contributed by atoms with E-state index in [0.29, 0.717) is 22.8 Å². The second kappa shape index (κ2) is 4.08. The molecule has 0 unspecified atom stereocenters. The SMILES string of the molecule is CC(=O)c1cc(-c2nc(C)ncc2F)[nH]c1C. The zero-order valence-electron chi connectivity index (χ0n) is 9.84. The summed E-state index contributed by atoms with van der Waals surface area (Å²) in [6.45, 7) is 4.93. The zero-order valence-corrected chi connectivity index (χ0v) is 9.84. The Morgan fingerprint density at radius 3 is 2.71 bits per heavy atom. The summed E-state index contributed by atoms with van der Waals surface area (Å²) in [6, 6.07) is 1.61. The first-order valence-electron chi connectivity index (χ1n) is 5.19. The fourth-order valence-corrected chi connectivity index (χ4v) is 1.70. The number of carbonyl (C=O) groups is 1. The van der Waals surface area contributed by atoms with Crippen molar-refractivity contribution in [2.75, 3.05) is 0 Å². The Labute approximate surface area is 97.9 Å². The highest BCUT2D eigenvalue weighted by molar-refractivity contribution is 5.96. The van der Waals surface area contributed by atoms with Gasteiger partial charge in [0.2, 0.25) is 0 Å². The fourth-order valence-electron chi connectivity index (χ4n) is 1.70. The summed E-state index contributed by atoms with van der Waals surface area (Å²) in [4.78, 5) is 22.1.